The molecule has 3 N–H and O–H groups in total. The molecule has 2 aliphatic rings. The van der Waals surface area contributed by atoms with Gasteiger partial charge in [-0.3, -0.25) is 4.79 Å². The number of hydrogen-bond donors (Lipinski definition) is 2. The molecule has 1 fully saturated rings. The molecule has 1 saturated carbocycles. The van der Waals surface area contributed by atoms with Crippen molar-refractivity contribution in [3.05, 3.63) is 21.4 Å². The normalized spacial score (nSPS) is 27.5. The van der Waals surface area contributed by atoms with Crippen LogP contribution in [0.5, 0.6) is 0 Å². The quantitative estimate of drug-likeness (QED) is 0.786. The van der Waals surface area contributed by atoms with E-state index in [1.54, 1.807) is 11.3 Å². The van der Waals surface area contributed by atoms with Gasteiger partial charge in [-0.1, -0.05) is 0 Å². The number of aryl methyl sites for hydroxylation is 2. The fraction of sp³-hybridized carbons (Fsp3) is 0.545. The third kappa shape index (κ3) is 1.68. The van der Waals surface area contributed by atoms with Crippen LogP contribution in [0.25, 0.3) is 0 Å². The zero-order chi connectivity index (χ0) is 10.4. The van der Waals surface area contributed by atoms with Gasteiger partial charge in [0.2, 0.25) is 0 Å². The first-order chi connectivity index (χ1) is 7.24. The summed E-state index contributed by atoms with van der Waals surface area (Å²) in [5, 5.41) is 2.96. The minimum absolute atomic E-state index is 0.0624. The van der Waals surface area contributed by atoms with E-state index in [4.69, 9.17) is 5.73 Å². The number of amides is 1. The van der Waals surface area contributed by atoms with E-state index in [0.29, 0.717) is 0 Å². The van der Waals surface area contributed by atoms with Gasteiger partial charge in [0.1, 0.15) is 0 Å². The highest BCUT2D eigenvalue weighted by atomic mass is 32.1. The number of thiophene rings is 1. The number of nitrogens with two attached hydrogens (primary N) is 1. The zero-order valence-corrected chi connectivity index (χ0v) is 9.27. The van der Waals surface area contributed by atoms with E-state index in [9.17, 15) is 4.79 Å². The van der Waals surface area contributed by atoms with Crippen LogP contribution in [0.1, 0.15) is 33.0 Å². The molecule has 2 atom stereocenters. The Kier molecular flexibility index (Phi) is 2.07. The molecule has 4 heteroatoms. The van der Waals surface area contributed by atoms with Crippen LogP contribution in [0, 0.1) is 0 Å². The number of carbonyl (C=O) groups is 1. The Hall–Kier alpha value is -0.870. The average molecular weight is 222 g/mol. The second kappa shape index (κ2) is 3.32. The molecule has 1 amide bonds. The highest BCUT2D eigenvalue weighted by Crippen LogP contribution is 2.31. The summed E-state index contributed by atoms with van der Waals surface area (Å²) in [5.74, 6) is 0.0624. The standard InChI is InChI=1S/C11H14N2OS/c12-7-5-8(7)13-11(14)10-4-6-2-1-3-9(6)15-10/h4,7-8H,1-3,5,12H2,(H,13,14). The summed E-state index contributed by atoms with van der Waals surface area (Å²) in [6.45, 7) is 0. The van der Waals surface area contributed by atoms with E-state index < -0.39 is 0 Å². The SMILES string of the molecule is NC1CC1NC(=O)c1cc2c(s1)CCC2. The smallest absolute Gasteiger partial charge is 0.261 e. The highest BCUT2D eigenvalue weighted by Gasteiger charge is 2.35. The maximum atomic E-state index is 11.8. The van der Waals surface area contributed by atoms with Gasteiger partial charge in [0.15, 0.2) is 0 Å². The van der Waals surface area contributed by atoms with Crippen LogP contribution < -0.4 is 11.1 Å². The predicted molar refractivity (Wildman–Crippen MR) is 60.2 cm³/mol. The predicted octanol–water partition coefficient (Wildman–Crippen LogP) is 1.07. The van der Waals surface area contributed by atoms with Gasteiger partial charge < -0.3 is 11.1 Å². The van der Waals surface area contributed by atoms with E-state index >= 15 is 0 Å². The van der Waals surface area contributed by atoms with Gasteiger partial charge in [-0.2, -0.15) is 0 Å². The van der Waals surface area contributed by atoms with E-state index in [2.05, 4.69) is 11.4 Å². The lowest BCUT2D eigenvalue weighted by molar-refractivity contribution is 0.0954. The third-order valence-corrected chi connectivity index (χ3v) is 4.36. The van der Waals surface area contributed by atoms with E-state index in [1.807, 2.05) is 0 Å². The Bertz CT molecular complexity index is 391. The molecule has 0 aromatic carbocycles. The van der Waals surface area contributed by atoms with Gasteiger partial charge in [-0.05, 0) is 37.3 Å². The Labute approximate surface area is 92.7 Å². The van der Waals surface area contributed by atoms with Crippen molar-refractivity contribution in [2.45, 2.75) is 37.8 Å². The first kappa shape index (κ1) is 9.36. The van der Waals surface area contributed by atoms with Crippen LogP contribution in [0.15, 0.2) is 6.07 Å². The molecule has 0 saturated heterocycles. The number of fused-ring (bicyclic) bond motifs is 1. The summed E-state index contributed by atoms with van der Waals surface area (Å²) in [7, 11) is 0. The second-order valence-electron chi connectivity index (χ2n) is 4.39. The van der Waals surface area contributed by atoms with Crippen LogP contribution >= 0.6 is 11.3 Å². The molecule has 0 spiro atoms. The summed E-state index contributed by atoms with van der Waals surface area (Å²) in [4.78, 5) is 14.1. The monoisotopic (exact) mass is 222 g/mol. The minimum atomic E-state index is 0.0624. The van der Waals surface area contributed by atoms with E-state index in [1.165, 1.54) is 16.9 Å². The fourth-order valence-corrected chi connectivity index (χ4v) is 3.22. The molecule has 80 valence electrons. The lowest BCUT2D eigenvalue weighted by atomic mass is 10.2. The summed E-state index contributed by atoms with van der Waals surface area (Å²) in [6, 6.07) is 2.45. The van der Waals surface area contributed by atoms with Gasteiger partial charge in [-0.15, -0.1) is 11.3 Å². The van der Waals surface area contributed by atoms with Gasteiger partial charge in [0, 0.05) is 17.0 Å². The molecule has 3 rings (SSSR count). The Morgan fingerprint density at radius 1 is 1.53 bits per heavy atom. The number of nitrogens with one attached hydrogen (secondary N) is 1. The molecule has 3 nitrogen and oxygen atoms in total. The second-order valence-corrected chi connectivity index (χ2v) is 5.53. The van der Waals surface area contributed by atoms with Crippen molar-refractivity contribution in [1.82, 2.24) is 5.32 Å². The topological polar surface area (TPSA) is 55.1 Å². The van der Waals surface area contributed by atoms with Gasteiger partial charge in [0.25, 0.3) is 5.91 Å². The van der Waals surface area contributed by atoms with Crippen molar-refractivity contribution in [2.75, 3.05) is 0 Å². The highest BCUT2D eigenvalue weighted by molar-refractivity contribution is 7.14. The molecular weight excluding hydrogens is 208 g/mol. The maximum Gasteiger partial charge on any atom is 0.261 e. The van der Waals surface area contributed by atoms with Crippen LogP contribution in [0.4, 0.5) is 0 Å². The Morgan fingerprint density at radius 2 is 2.33 bits per heavy atom. The van der Waals surface area contributed by atoms with Gasteiger partial charge >= 0.3 is 0 Å². The van der Waals surface area contributed by atoms with Crippen LogP contribution in [0.2, 0.25) is 0 Å². The molecule has 1 aromatic rings. The molecule has 0 bridgehead atoms. The zero-order valence-electron chi connectivity index (χ0n) is 8.45. The van der Waals surface area contributed by atoms with Crippen molar-refractivity contribution in [3.8, 4) is 0 Å². The van der Waals surface area contributed by atoms with Gasteiger partial charge in [0.05, 0.1) is 4.88 Å². The van der Waals surface area contributed by atoms with Crippen LogP contribution in [0.3, 0.4) is 0 Å². The molecule has 0 aliphatic heterocycles. The molecule has 1 heterocycles. The average Bonchev–Trinajstić information content (AvgIpc) is 2.66. The van der Waals surface area contributed by atoms with Crippen LogP contribution in [-0.2, 0) is 12.8 Å². The Morgan fingerprint density at radius 3 is 3.00 bits per heavy atom. The van der Waals surface area contributed by atoms with Crippen molar-refractivity contribution in [3.63, 3.8) is 0 Å². The molecule has 2 unspecified atom stereocenters. The molecule has 0 radical (unpaired) electrons. The molecule has 2 aliphatic carbocycles. The van der Waals surface area contributed by atoms with Crippen molar-refractivity contribution < 1.29 is 4.79 Å². The summed E-state index contributed by atoms with van der Waals surface area (Å²) in [5.41, 5.74) is 7.03. The number of carbonyl (C=O) groups excluding carboxylic acids is 1. The lowest BCUT2D eigenvalue weighted by Crippen LogP contribution is -2.28. The Balaban J connectivity index is 1.72. The molecule has 1 aromatic heterocycles. The third-order valence-electron chi connectivity index (χ3n) is 3.13. The summed E-state index contributed by atoms with van der Waals surface area (Å²) >= 11 is 1.65. The van der Waals surface area contributed by atoms with Gasteiger partial charge in [-0.25, -0.2) is 0 Å². The first-order valence-electron chi connectivity index (χ1n) is 5.42. The van der Waals surface area contributed by atoms with Crippen molar-refractivity contribution in [1.29, 1.82) is 0 Å². The maximum absolute atomic E-state index is 11.8. The number of rotatable bonds is 2. The van der Waals surface area contributed by atoms with Crippen molar-refractivity contribution in [2.24, 2.45) is 5.73 Å². The van der Waals surface area contributed by atoms with E-state index in [-0.39, 0.29) is 18.0 Å². The molecule has 15 heavy (non-hydrogen) atoms. The first-order valence-corrected chi connectivity index (χ1v) is 6.24. The largest absolute Gasteiger partial charge is 0.347 e. The fourth-order valence-electron chi connectivity index (χ4n) is 2.06. The lowest BCUT2D eigenvalue weighted by Gasteiger charge is -2.00. The van der Waals surface area contributed by atoms with Crippen molar-refractivity contribution >= 4 is 17.2 Å². The molecular formula is C11H14N2OS. The minimum Gasteiger partial charge on any atom is -0.347 e. The van der Waals surface area contributed by atoms with Crippen LogP contribution in [-0.4, -0.2) is 18.0 Å². The van der Waals surface area contributed by atoms with E-state index in [0.717, 1.165) is 24.1 Å². The summed E-state index contributed by atoms with van der Waals surface area (Å²) in [6.07, 6.45) is 4.46. The summed E-state index contributed by atoms with van der Waals surface area (Å²) < 4.78 is 0. The number of hydrogen-bond acceptors (Lipinski definition) is 3.